The van der Waals surface area contributed by atoms with Crippen LogP contribution in [0.1, 0.15) is 31.2 Å². The molecule has 0 radical (unpaired) electrons. The average Bonchev–Trinajstić information content (AvgIpc) is 2.91. The van der Waals surface area contributed by atoms with Crippen LogP contribution < -0.4 is 4.90 Å². The van der Waals surface area contributed by atoms with Crippen LogP contribution in [0.3, 0.4) is 0 Å². The lowest BCUT2D eigenvalue weighted by molar-refractivity contribution is 0.714. The Morgan fingerprint density at radius 3 is 2.52 bits per heavy atom. The molecule has 0 aliphatic rings. The number of hydrogen-bond acceptors (Lipinski definition) is 4. The monoisotopic (exact) mass is 281 g/mol. The van der Waals surface area contributed by atoms with Crippen molar-refractivity contribution in [3.8, 4) is 0 Å². The molecule has 2 heterocycles. The molecule has 3 aromatic rings. The summed E-state index contributed by atoms with van der Waals surface area (Å²) in [6.07, 6.45) is 0. The van der Waals surface area contributed by atoms with E-state index in [-0.39, 0.29) is 0 Å². The van der Waals surface area contributed by atoms with Gasteiger partial charge >= 0.3 is 0 Å². The smallest absolute Gasteiger partial charge is 0.178 e. The molecular formula is C16H19N5. The number of hydrogen-bond donors (Lipinski definition) is 0. The Hall–Kier alpha value is -2.43. The lowest BCUT2D eigenvalue weighted by Gasteiger charge is -2.18. The number of benzene rings is 1. The zero-order chi connectivity index (χ0) is 14.8. The van der Waals surface area contributed by atoms with E-state index < -0.39 is 0 Å². The molecule has 0 spiro atoms. The molecule has 0 fully saturated rings. The summed E-state index contributed by atoms with van der Waals surface area (Å²) < 4.78 is 1.83. The van der Waals surface area contributed by atoms with Gasteiger partial charge in [-0.2, -0.15) is 4.52 Å². The van der Waals surface area contributed by atoms with E-state index in [0.29, 0.717) is 5.92 Å². The lowest BCUT2D eigenvalue weighted by Crippen LogP contribution is -2.19. The maximum absolute atomic E-state index is 4.67. The zero-order valence-electron chi connectivity index (χ0n) is 12.6. The first kappa shape index (κ1) is 13.5. The summed E-state index contributed by atoms with van der Waals surface area (Å²) in [6, 6.07) is 14.3. The lowest BCUT2D eigenvalue weighted by atomic mass is 10.2. The van der Waals surface area contributed by atoms with Gasteiger partial charge < -0.3 is 4.90 Å². The van der Waals surface area contributed by atoms with E-state index in [1.54, 1.807) is 0 Å². The van der Waals surface area contributed by atoms with E-state index in [0.717, 1.165) is 23.8 Å². The Morgan fingerprint density at radius 1 is 1.05 bits per heavy atom. The highest BCUT2D eigenvalue weighted by Crippen LogP contribution is 2.17. The molecule has 5 nitrogen and oxygen atoms in total. The molecule has 108 valence electrons. The summed E-state index contributed by atoms with van der Waals surface area (Å²) in [6.45, 7) is 5.01. The molecule has 0 amide bonds. The summed E-state index contributed by atoms with van der Waals surface area (Å²) in [5, 5.41) is 13.0. The summed E-state index contributed by atoms with van der Waals surface area (Å²) >= 11 is 0. The number of rotatable bonds is 4. The maximum atomic E-state index is 4.67. The molecule has 0 aliphatic heterocycles. The fraction of sp³-hybridized carbons (Fsp3) is 0.312. The summed E-state index contributed by atoms with van der Waals surface area (Å²) in [7, 11) is 2.04. The normalized spacial score (nSPS) is 11.2. The van der Waals surface area contributed by atoms with E-state index in [4.69, 9.17) is 0 Å². The molecule has 0 saturated carbocycles. The third-order valence-corrected chi connectivity index (χ3v) is 3.44. The van der Waals surface area contributed by atoms with Gasteiger partial charge in [0.2, 0.25) is 0 Å². The Morgan fingerprint density at radius 2 is 1.81 bits per heavy atom. The van der Waals surface area contributed by atoms with Crippen molar-refractivity contribution in [3.05, 3.63) is 53.9 Å². The molecule has 0 aliphatic carbocycles. The second-order valence-corrected chi connectivity index (χ2v) is 5.52. The first-order valence-electron chi connectivity index (χ1n) is 7.12. The van der Waals surface area contributed by atoms with Gasteiger partial charge in [-0.05, 0) is 17.7 Å². The van der Waals surface area contributed by atoms with Crippen LogP contribution in [0.2, 0.25) is 0 Å². The molecule has 0 N–H and O–H groups in total. The fourth-order valence-electron chi connectivity index (χ4n) is 2.30. The third kappa shape index (κ3) is 2.72. The topological polar surface area (TPSA) is 46.3 Å². The highest BCUT2D eigenvalue weighted by Gasteiger charge is 2.12. The molecular weight excluding hydrogens is 262 g/mol. The van der Waals surface area contributed by atoms with Crippen molar-refractivity contribution in [1.82, 2.24) is 19.8 Å². The molecule has 0 atom stereocenters. The predicted octanol–water partition coefficient (Wildman–Crippen LogP) is 2.88. The molecule has 0 unspecified atom stereocenters. The van der Waals surface area contributed by atoms with E-state index in [1.807, 2.05) is 29.8 Å². The molecule has 1 aromatic carbocycles. The maximum Gasteiger partial charge on any atom is 0.178 e. The minimum Gasteiger partial charge on any atom is -0.354 e. The van der Waals surface area contributed by atoms with Crippen LogP contribution in [0, 0.1) is 0 Å². The Labute approximate surface area is 124 Å². The van der Waals surface area contributed by atoms with Gasteiger partial charge in [-0.1, -0.05) is 44.2 Å². The largest absolute Gasteiger partial charge is 0.354 e. The summed E-state index contributed by atoms with van der Waals surface area (Å²) in [4.78, 5) is 2.12. The fourth-order valence-corrected chi connectivity index (χ4v) is 2.30. The van der Waals surface area contributed by atoms with Gasteiger partial charge in [0, 0.05) is 19.5 Å². The van der Waals surface area contributed by atoms with Crippen LogP contribution in [-0.2, 0) is 6.54 Å². The third-order valence-electron chi connectivity index (χ3n) is 3.44. The molecule has 2 aromatic heterocycles. The Balaban J connectivity index is 1.91. The van der Waals surface area contributed by atoms with Gasteiger partial charge in [0.15, 0.2) is 11.5 Å². The van der Waals surface area contributed by atoms with E-state index >= 15 is 0 Å². The van der Waals surface area contributed by atoms with Crippen LogP contribution in [0.4, 0.5) is 5.82 Å². The van der Waals surface area contributed by atoms with E-state index in [9.17, 15) is 0 Å². The summed E-state index contributed by atoms with van der Waals surface area (Å²) in [5.41, 5.74) is 2.05. The quantitative estimate of drug-likeness (QED) is 0.737. The highest BCUT2D eigenvalue weighted by atomic mass is 15.4. The van der Waals surface area contributed by atoms with E-state index in [2.05, 4.69) is 58.3 Å². The standard InChI is InChI=1S/C16H19N5/c1-12(2)16-18-17-14-9-10-15(19-21(14)16)20(3)11-13-7-5-4-6-8-13/h4-10,12H,11H2,1-3H3. The molecule has 5 heteroatoms. The predicted molar refractivity (Wildman–Crippen MR) is 83.4 cm³/mol. The van der Waals surface area contributed by atoms with Gasteiger partial charge in [-0.25, -0.2) is 0 Å². The first-order valence-corrected chi connectivity index (χ1v) is 7.12. The van der Waals surface area contributed by atoms with Gasteiger partial charge in [0.1, 0.15) is 5.82 Å². The van der Waals surface area contributed by atoms with Crippen LogP contribution in [0.15, 0.2) is 42.5 Å². The van der Waals surface area contributed by atoms with Gasteiger partial charge in [-0.3, -0.25) is 0 Å². The number of nitrogens with zero attached hydrogens (tertiary/aromatic N) is 5. The number of fused-ring (bicyclic) bond motifs is 1. The minimum absolute atomic E-state index is 0.294. The molecule has 3 rings (SSSR count). The Bertz CT molecular complexity index is 733. The van der Waals surface area contributed by atoms with Crippen LogP contribution in [0.5, 0.6) is 0 Å². The van der Waals surface area contributed by atoms with Crippen LogP contribution in [-0.4, -0.2) is 26.9 Å². The van der Waals surface area contributed by atoms with Crippen molar-refractivity contribution in [1.29, 1.82) is 0 Å². The average molecular weight is 281 g/mol. The van der Waals surface area contributed by atoms with Crippen molar-refractivity contribution in [3.63, 3.8) is 0 Å². The minimum atomic E-state index is 0.294. The van der Waals surface area contributed by atoms with E-state index in [1.165, 1.54) is 5.56 Å². The second kappa shape index (κ2) is 5.52. The molecule has 21 heavy (non-hydrogen) atoms. The van der Waals surface area contributed by atoms with Crippen molar-refractivity contribution >= 4 is 11.5 Å². The van der Waals surface area contributed by atoms with Gasteiger partial charge in [-0.15, -0.1) is 15.3 Å². The highest BCUT2D eigenvalue weighted by molar-refractivity contribution is 5.46. The van der Waals surface area contributed by atoms with Gasteiger partial charge in [0.25, 0.3) is 0 Å². The van der Waals surface area contributed by atoms with Crippen molar-refractivity contribution < 1.29 is 0 Å². The molecule has 0 bridgehead atoms. The SMILES string of the molecule is CC(C)c1nnc2ccc(N(C)Cc3ccccc3)nn12. The number of anilines is 1. The van der Waals surface area contributed by atoms with Crippen molar-refractivity contribution in [2.45, 2.75) is 26.3 Å². The molecule has 0 saturated heterocycles. The van der Waals surface area contributed by atoms with Crippen LogP contribution >= 0.6 is 0 Å². The Kier molecular flexibility index (Phi) is 3.56. The number of aromatic nitrogens is 4. The van der Waals surface area contributed by atoms with Crippen molar-refractivity contribution in [2.75, 3.05) is 11.9 Å². The summed E-state index contributed by atoms with van der Waals surface area (Å²) in [5.74, 6) is 2.09. The van der Waals surface area contributed by atoms with Gasteiger partial charge in [0.05, 0.1) is 0 Å². The second-order valence-electron chi connectivity index (χ2n) is 5.52. The first-order chi connectivity index (χ1) is 10.1. The van der Waals surface area contributed by atoms with Crippen molar-refractivity contribution in [2.24, 2.45) is 0 Å². The zero-order valence-corrected chi connectivity index (χ0v) is 12.6. The van der Waals surface area contributed by atoms with Crippen LogP contribution in [0.25, 0.3) is 5.65 Å².